The summed E-state index contributed by atoms with van der Waals surface area (Å²) in [5, 5.41) is 3.64. The van der Waals surface area contributed by atoms with E-state index >= 15 is 0 Å². The van der Waals surface area contributed by atoms with Crippen LogP contribution in [0.4, 0.5) is 0 Å². The molecule has 4 heteroatoms. The van der Waals surface area contributed by atoms with Gasteiger partial charge in [0, 0.05) is 11.6 Å². The van der Waals surface area contributed by atoms with Gasteiger partial charge in [0.05, 0.1) is 0 Å². The second kappa shape index (κ2) is 8.59. The third kappa shape index (κ3) is 5.29. The lowest BCUT2D eigenvalue weighted by molar-refractivity contribution is -0.123. The molecule has 0 radical (unpaired) electrons. The molecule has 2 aromatic rings. The average molecular weight is 332 g/mol. The van der Waals surface area contributed by atoms with Gasteiger partial charge in [0.2, 0.25) is 0 Å². The van der Waals surface area contributed by atoms with Crippen molar-refractivity contribution in [3.63, 3.8) is 0 Å². The Morgan fingerprint density at radius 3 is 2.70 bits per heavy atom. The minimum absolute atomic E-state index is 0.0381. The minimum Gasteiger partial charge on any atom is -0.483 e. The molecule has 0 aliphatic carbocycles. The van der Waals surface area contributed by atoms with Gasteiger partial charge >= 0.3 is 0 Å². The third-order valence-corrected chi connectivity index (χ3v) is 4.19. The van der Waals surface area contributed by atoms with E-state index in [2.05, 4.69) is 5.32 Å². The summed E-state index contributed by atoms with van der Waals surface area (Å²) in [7, 11) is 0. The first-order valence-electron chi connectivity index (χ1n) is 7.77. The first kappa shape index (κ1) is 17.4. The standard InChI is InChI=1S/C19H22ClNO2/c1-14-7-5-11-18(15(14)2)23-13-19(22)21-12-6-9-16-8-3-4-10-17(16)20/h3-5,7-8,10-11H,6,9,12-13H2,1-2H3,(H,21,22). The lowest BCUT2D eigenvalue weighted by Crippen LogP contribution is -2.30. The predicted molar refractivity (Wildman–Crippen MR) is 94.2 cm³/mol. The molecule has 0 aliphatic rings. The van der Waals surface area contributed by atoms with Gasteiger partial charge in [0.15, 0.2) is 6.61 Å². The zero-order chi connectivity index (χ0) is 16.7. The molecule has 0 aromatic heterocycles. The quantitative estimate of drug-likeness (QED) is 0.776. The second-order valence-electron chi connectivity index (χ2n) is 5.53. The van der Waals surface area contributed by atoms with E-state index in [0.29, 0.717) is 6.54 Å². The molecule has 0 fully saturated rings. The summed E-state index contributed by atoms with van der Waals surface area (Å²) >= 11 is 6.10. The molecule has 122 valence electrons. The third-order valence-electron chi connectivity index (χ3n) is 3.82. The minimum atomic E-state index is -0.106. The van der Waals surface area contributed by atoms with Crippen molar-refractivity contribution < 1.29 is 9.53 Å². The van der Waals surface area contributed by atoms with Gasteiger partial charge in [-0.15, -0.1) is 0 Å². The molecule has 23 heavy (non-hydrogen) atoms. The van der Waals surface area contributed by atoms with Crippen molar-refractivity contribution in [2.24, 2.45) is 0 Å². The summed E-state index contributed by atoms with van der Waals surface area (Å²) in [5.41, 5.74) is 3.33. The Kier molecular flexibility index (Phi) is 6.48. The number of carbonyl (C=O) groups excluding carboxylic acids is 1. The molecule has 2 aromatic carbocycles. The van der Waals surface area contributed by atoms with E-state index in [0.717, 1.165) is 40.3 Å². The highest BCUT2D eigenvalue weighted by atomic mass is 35.5. The molecular formula is C19H22ClNO2. The lowest BCUT2D eigenvalue weighted by Gasteiger charge is -2.11. The molecule has 0 unspecified atom stereocenters. The highest BCUT2D eigenvalue weighted by molar-refractivity contribution is 6.31. The zero-order valence-electron chi connectivity index (χ0n) is 13.6. The average Bonchev–Trinajstić information content (AvgIpc) is 2.54. The number of amides is 1. The Balaban J connectivity index is 1.69. The number of ether oxygens (including phenoxy) is 1. The number of hydrogen-bond acceptors (Lipinski definition) is 2. The Bertz CT molecular complexity index is 670. The second-order valence-corrected chi connectivity index (χ2v) is 5.94. The lowest BCUT2D eigenvalue weighted by atomic mass is 10.1. The Morgan fingerprint density at radius 1 is 1.13 bits per heavy atom. The van der Waals surface area contributed by atoms with Crippen LogP contribution in [0.15, 0.2) is 42.5 Å². The normalized spacial score (nSPS) is 10.4. The Labute approximate surface area is 142 Å². The first-order chi connectivity index (χ1) is 11.1. The fraction of sp³-hybridized carbons (Fsp3) is 0.316. The van der Waals surface area contributed by atoms with Crippen molar-refractivity contribution in [2.45, 2.75) is 26.7 Å². The van der Waals surface area contributed by atoms with Gasteiger partial charge in [-0.1, -0.05) is 41.9 Å². The van der Waals surface area contributed by atoms with Gasteiger partial charge in [-0.3, -0.25) is 4.79 Å². The predicted octanol–water partition coefficient (Wildman–Crippen LogP) is 4.08. The summed E-state index contributed by atoms with van der Waals surface area (Å²) < 4.78 is 5.58. The monoisotopic (exact) mass is 331 g/mol. The highest BCUT2D eigenvalue weighted by Crippen LogP contribution is 2.20. The molecule has 1 N–H and O–H groups in total. The van der Waals surface area contributed by atoms with Crippen LogP contribution in [0.25, 0.3) is 0 Å². The van der Waals surface area contributed by atoms with E-state index in [-0.39, 0.29) is 12.5 Å². The van der Waals surface area contributed by atoms with Gasteiger partial charge in [0.25, 0.3) is 5.91 Å². The van der Waals surface area contributed by atoms with Crippen molar-refractivity contribution in [3.05, 3.63) is 64.2 Å². The first-order valence-corrected chi connectivity index (χ1v) is 8.15. The molecule has 0 atom stereocenters. The molecule has 0 aliphatic heterocycles. The van der Waals surface area contributed by atoms with Gasteiger partial charge in [-0.05, 0) is 55.5 Å². The van der Waals surface area contributed by atoms with Crippen molar-refractivity contribution in [1.82, 2.24) is 5.32 Å². The van der Waals surface area contributed by atoms with Crippen LogP contribution in [0.2, 0.25) is 5.02 Å². The molecular weight excluding hydrogens is 310 g/mol. The van der Waals surface area contributed by atoms with Crippen LogP contribution in [0, 0.1) is 13.8 Å². The Morgan fingerprint density at radius 2 is 1.91 bits per heavy atom. The maximum absolute atomic E-state index is 11.8. The fourth-order valence-corrected chi connectivity index (χ4v) is 2.51. The van der Waals surface area contributed by atoms with Crippen LogP contribution >= 0.6 is 11.6 Å². The Hall–Kier alpha value is -2.00. The van der Waals surface area contributed by atoms with Crippen LogP contribution in [0.5, 0.6) is 5.75 Å². The number of halogens is 1. The van der Waals surface area contributed by atoms with E-state index < -0.39 is 0 Å². The van der Waals surface area contributed by atoms with Crippen molar-refractivity contribution in [2.75, 3.05) is 13.2 Å². The van der Waals surface area contributed by atoms with E-state index in [4.69, 9.17) is 16.3 Å². The molecule has 0 heterocycles. The van der Waals surface area contributed by atoms with Gasteiger partial charge in [0.1, 0.15) is 5.75 Å². The molecule has 0 saturated carbocycles. The van der Waals surface area contributed by atoms with Gasteiger partial charge < -0.3 is 10.1 Å². The summed E-state index contributed by atoms with van der Waals surface area (Å²) in [6.45, 7) is 4.67. The summed E-state index contributed by atoms with van der Waals surface area (Å²) in [6, 6.07) is 13.6. The molecule has 1 amide bonds. The smallest absolute Gasteiger partial charge is 0.257 e. The summed E-state index contributed by atoms with van der Waals surface area (Å²) in [6.07, 6.45) is 1.69. The fourth-order valence-electron chi connectivity index (χ4n) is 2.28. The van der Waals surface area contributed by atoms with Crippen LogP contribution in [0.1, 0.15) is 23.1 Å². The summed E-state index contributed by atoms with van der Waals surface area (Å²) in [4.78, 5) is 11.8. The number of carbonyl (C=O) groups is 1. The molecule has 0 saturated heterocycles. The van der Waals surface area contributed by atoms with Crippen molar-refractivity contribution >= 4 is 17.5 Å². The van der Waals surface area contributed by atoms with Crippen LogP contribution in [-0.4, -0.2) is 19.1 Å². The van der Waals surface area contributed by atoms with Crippen molar-refractivity contribution in [3.8, 4) is 5.75 Å². The topological polar surface area (TPSA) is 38.3 Å². The maximum Gasteiger partial charge on any atom is 0.257 e. The summed E-state index contributed by atoms with van der Waals surface area (Å²) in [5.74, 6) is 0.654. The van der Waals surface area contributed by atoms with Crippen LogP contribution < -0.4 is 10.1 Å². The van der Waals surface area contributed by atoms with E-state index in [9.17, 15) is 4.79 Å². The molecule has 3 nitrogen and oxygen atoms in total. The van der Waals surface area contributed by atoms with Crippen LogP contribution in [-0.2, 0) is 11.2 Å². The molecule has 0 spiro atoms. The number of nitrogens with one attached hydrogen (secondary N) is 1. The largest absolute Gasteiger partial charge is 0.483 e. The van der Waals surface area contributed by atoms with Crippen molar-refractivity contribution in [1.29, 1.82) is 0 Å². The van der Waals surface area contributed by atoms with Gasteiger partial charge in [-0.2, -0.15) is 0 Å². The van der Waals surface area contributed by atoms with Gasteiger partial charge in [-0.25, -0.2) is 0 Å². The number of aryl methyl sites for hydroxylation is 2. The SMILES string of the molecule is Cc1cccc(OCC(=O)NCCCc2ccccc2Cl)c1C. The highest BCUT2D eigenvalue weighted by Gasteiger charge is 2.06. The number of benzene rings is 2. The number of hydrogen-bond donors (Lipinski definition) is 1. The van der Waals surface area contributed by atoms with E-state index in [1.807, 2.05) is 56.3 Å². The zero-order valence-corrected chi connectivity index (χ0v) is 14.3. The number of rotatable bonds is 7. The van der Waals surface area contributed by atoms with Crippen LogP contribution in [0.3, 0.4) is 0 Å². The van der Waals surface area contributed by atoms with E-state index in [1.54, 1.807) is 0 Å². The maximum atomic E-state index is 11.8. The van der Waals surface area contributed by atoms with E-state index in [1.165, 1.54) is 0 Å². The molecule has 2 rings (SSSR count). The molecule has 0 bridgehead atoms.